The van der Waals surface area contributed by atoms with Gasteiger partial charge in [0, 0.05) is 48.2 Å². The normalized spacial score (nSPS) is 12.8. The zero-order valence-electron chi connectivity index (χ0n) is 14.1. The van der Waals surface area contributed by atoms with E-state index in [0.717, 1.165) is 41.7 Å². The van der Waals surface area contributed by atoms with Crippen LogP contribution in [0.2, 0.25) is 0 Å². The molecule has 3 heterocycles. The van der Waals surface area contributed by atoms with Gasteiger partial charge in [-0.3, -0.25) is 9.97 Å². The number of nitriles is 1. The van der Waals surface area contributed by atoms with Crippen LogP contribution in [0.3, 0.4) is 0 Å². The fraction of sp³-hybridized carbons (Fsp3) is 0.250. The van der Waals surface area contributed by atoms with E-state index in [9.17, 15) is 5.26 Å². The minimum absolute atomic E-state index is 0.648. The van der Waals surface area contributed by atoms with Crippen molar-refractivity contribution >= 4 is 28.4 Å². The zero-order valence-corrected chi connectivity index (χ0v) is 14.9. The molecule has 124 valence electrons. The van der Waals surface area contributed by atoms with Crippen molar-refractivity contribution in [1.29, 1.82) is 5.26 Å². The lowest BCUT2D eigenvalue weighted by Gasteiger charge is -2.23. The Hall–Kier alpha value is -2.58. The molecule has 2 aromatic heterocycles. The van der Waals surface area contributed by atoms with Crippen LogP contribution >= 0.6 is 11.8 Å². The molecule has 0 saturated carbocycles. The average molecular weight is 346 g/mol. The molecule has 1 aliphatic rings. The lowest BCUT2D eigenvalue weighted by molar-refractivity contribution is 0.875. The highest BCUT2D eigenvalue weighted by molar-refractivity contribution is 7.99. The largest absolute Gasteiger partial charge is 0.373 e. The molecule has 1 aromatic carbocycles. The molecule has 0 unspecified atom stereocenters. The number of aromatic nitrogens is 2. The number of benzene rings is 1. The number of pyridine rings is 2. The topological polar surface area (TPSA) is 52.8 Å². The highest BCUT2D eigenvalue weighted by Gasteiger charge is 2.21. The molecule has 0 aliphatic carbocycles. The summed E-state index contributed by atoms with van der Waals surface area (Å²) in [4.78, 5) is 12.1. The van der Waals surface area contributed by atoms with Crippen LogP contribution in [0.1, 0.15) is 16.7 Å². The number of thioether (sulfide) groups is 1. The fourth-order valence-electron chi connectivity index (χ4n) is 3.40. The summed E-state index contributed by atoms with van der Waals surface area (Å²) in [5.74, 6) is 1.10. The van der Waals surface area contributed by atoms with Crippen LogP contribution in [0.4, 0.5) is 5.69 Å². The van der Waals surface area contributed by atoms with Gasteiger partial charge in [0.2, 0.25) is 0 Å². The van der Waals surface area contributed by atoms with Crippen molar-refractivity contribution < 1.29 is 0 Å². The molecule has 1 aliphatic heterocycles. The third-order valence-electron chi connectivity index (χ3n) is 4.67. The Morgan fingerprint density at radius 2 is 2.08 bits per heavy atom. The van der Waals surface area contributed by atoms with Crippen LogP contribution in [0, 0.1) is 11.3 Å². The maximum Gasteiger partial charge on any atom is 0.103 e. The summed E-state index contributed by atoms with van der Waals surface area (Å²) in [6.45, 7) is 0.842. The maximum absolute atomic E-state index is 9.63. The standard InChI is InChI=1S/C20H18N4S/c1-24(10-6-14-4-8-22-9-5-14)20-15(12-21)13-23-17-2-3-18-16(19(17)20)7-11-25-18/h2-5,8-9,13H,6-7,10-11H2,1H3. The van der Waals surface area contributed by atoms with Crippen LogP contribution in [0.5, 0.6) is 0 Å². The first-order valence-corrected chi connectivity index (χ1v) is 9.34. The van der Waals surface area contributed by atoms with Gasteiger partial charge in [0.1, 0.15) is 6.07 Å². The Balaban J connectivity index is 1.77. The molecule has 25 heavy (non-hydrogen) atoms. The van der Waals surface area contributed by atoms with E-state index in [0.29, 0.717) is 5.56 Å². The number of rotatable bonds is 4. The van der Waals surface area contributed by atoms with Crippen molar-refractivity contribution in [3.8, 4) is 6.07 Å². The van der Waals surface area contributed by atoms with Crippen LogP contribution in [-0.4, -0.2) is 29.3 Å². The molecule has 0 fully saturated rings. The van der Waals surface area contributed by atoms with Crippen molar-refractivity contribution in [1.82, 2.24) is 9.97 Å². The van der Waals surface area contributed by atoms with Crippen LogP contribution in [0.15, 0.2) is 47.8 Å². The predicted molar refractivity (Wildman–Crippen MR) is 102 cm³/mol. The smallest absolute Gasteiger partial charge is 0.103 e. The van der Waals surface area contributed by atoms with Gasteiger partial charge in [-0.1, -0.05) is 0 Å². The van der Waals surface area contributed by atoms with Crippen molar-refractivity contribution in [2.24, 2.45) is 0 Å². The zero-order chi connectivity index (χ0) is 17.2. The first-order chi connectivity index (χ1) is 12.3. The summed E-state index contributed by atoms with van der Waals surface area (Å²) < 4.78 is 0. The highest BCUT2D eigenvalue weighted by atomic mass is 32.2. The number of anilines is 1. The molecule has 4 rings (SSSR count). The van der Waals surface area contributed by atoms with Crippen molar-refractivity contribution in [2.75, 3.05) is 24.2 Å². The van der Waals surface area contributed by atoms with Gasteiger partial charge in [0.15, 0.2) is 0 Å². The summed E-state index contributed by atoms with van der Waals surface area (Å²) in [6.07, 6.45) is 7.30. The van der Waals surface area contributed by atoms with Gasteiger partial charge in [0.05, 0.1) is 16.8 Å². The molecule has 5 heteroatoms. The SMILES string of the molecule is CN(CCc1ccncc1)c1c(C#N)cnc2ccc3c(c12)CCS3. The fourth-order valence-corrected chi connectivity index (χ4v) is 4.47. The molecule has 0 saturated heterocycles. The molecule has 0 radical (unpaired) electrons. The second-order valence-corrected chi connectivity index (χ2v) is 7.33. The van der Waals surface area contributed by atoms with E-state index < -0.39 is 0 Å². The molecule has 4 nitrogen and oxygen atoms in total. The number of aryl methyl sites for hydroxylation is 1. The monoisotopic (exact) mass is 346 g/mol. The van der Waals surface area contributed by atoms with E-state index in [1.165, 1.54) is 16.0 Å². The van der Waals surface area contributed by atoms with E-state index in [2.05, 4.69) is 40.1 Å². The number of hydrogen-bond acceptors (Lipinski definition) is 5. The molecular weight excluding hydrogens is 328 g/mol. The quantitative estimate of drug-likeness (QED) is 0.719. The van der Waals surface area contributed by atoms with Crippen molar-refractivity contribution in [3.63, 3.8) is 0 Å². The van der Waals surface area contributed by atoms with Gasteiger partial charge in [-0.25, -0.2) is 0 Å². The van der Waals surface area contributed by atoms with Gasteiger partial charge in [-0.2, -0.15) is 5.26 Å². The summed E-state index contributed by atoms with van der Waals surface area (Å²) >= 11 is 1.89. The minimum atomic E-state index is 0.648. The van der Waals surface area contributed by atoms with Gasteiger partial charge in [-0.05, 0) is 48.2 Å². The highest BCUT2D eigenvalue weighted by Crippen LogP contribution is 2.40. The second-order valence-electron chi connectivity index (χ2n) is 6.19. The first kappa shape index (κ1) is 15.9. The Morgan fingerprint density at radius 3 is 2.88 bits per heavy atom. The minimum Gasteiger partial charge on any atom is -0.373 e. The Kier molecular flexibility index (Phi) is 4.29. The second kappa shape index (κ2) is 6.73. The molecule has 0 N–H and O–H groups in total. The number of nitrogens with zero attached hydrogens (tertiary/aromatic N) is 4. The molecule has 0 bridgehead atoms. The van der Waals surface area contributed by atoms with Gasteiger partial charge >= 0.3 is 0 Å². The van der Waals surface area contributed by atoms with Crippen LogP contribution < -0.4 is 4.90 Å². The lowest BCUT2D eigenvalue weighted by Crippen LogP contribution is -2.22. The summed E-state index contributed by atoms with van der Waals surface area (Å²) in [5, 5.41) is 10.8. The molecule has 3 aromatic rings. The van der Waals surface area contributed by atoms with E-state index >= 15 is 0 Å². The van der Waals surface area contributed by atoms with Crippen molar-refractivity contribution in [2.45, 2.75) is 17.7 Å². The third-order valence-corrected chi connectivity index (χ3v) is 5.77. The van der Waals surface area contributed by atoms with E-state index in [1.54, 1.807) is 6.20 Å². The number of likely N-dealkylation sites (N-methyl/N-ethyl adjacent to an activating group) is 1. The van der Waals surface area contributed by atoms with E-state index in [1.807, 2.05) is 36.3 Å². The number of fused-ring (bicyclic) bond motifs is 3. The summed E-state index contributed by atoms with van der Waals surface area (Å²) in [5.41, 5.74) is 5.24. The third kappa shape index (κ3) is 2.94. The average Bonchev–Trinajstić information content (AvgIpc) is 3.15. The number of hydrogen-bond donors (Lipinski definition) is 0. The molecular formula is C20H18N4S. The van der Waals surface area contributed by atoms with E-state index in [-0.39, 0.29) is 0 Å². The van der Waals surface area contributed by atoms with Gasteiger partial charge in [-0.15, -0.1) is 11.8 Å². The summed E-state index contributed by atoms with van der Waals surface area (Å²) in [7, 11) is 2.07. The van der Waals surface area contributed by atoms with Gasteiger partial charge in [0.25, 0.3) is 0 Å². The molecule has 0 spiro atoms. The van der Waals surface area contributed by atoms with Crippen molar-refractivity contribution in [3.05, 3.63) is 59.5 Å². The Labute approximate surface area is 151 Å². The van der Waals surface area contributed by atoms with E-state index in [4.69, 9.17) is 0 Å². The van der Waals surface area contributed by atoms with Crippen LogP contribution in [-0.2, 0) is 12.8 Å². The first-order valence-electron chi connectivity index (χ1n) is 8.35. The molecule has 0 amide bonds. The lowest BCUT2D eigenvalue weighted by atomic mass is 10.0. The Bertz CT molecular complexity index is 963. The van der Waals surface area contributed by atoms with Crippen LogP contribution in [0.25, 0.3) is 10.9 Å². The summed E-state index contributed by atoms with van der Waals surface area (Å²) in [6, 6.07) is 10.7. The predicted octanol–water partition coefficient (Wildman–Crippen LogP) is 3.83. The maximum atomic E-state index is 9.63. The Morgan fingerprint density at radius 1 is 1.24 bits per heavy atom. The van der Waals surface area contributed by atoms with Gasteiger partial charge < -0.3 is 4.90 Å². The molecule has 0 atom stereocenters.